The van der Waals surface area contributed by atoms with Crippen LogP contribution < -0.4 is 5.73 Å². The van der Waals surface area contributed by atoms with E-state index in [1.807, 2.05) is 20.9 Å². The highest BCUT2D eigenvalue weighted by molar-refractivity contribution is 5.76. The van der Waals surface area contributed by atoms with Crippen LogP contribution in [0.2, 0.25) is 0 Å². The van der Waals surface area contributed by atoms with Gasteiger partial charge in [0, 0.05) is 39.6 Å². The Bertz CT molecular complexity index is 310. The molecule has 118 valence electrons. The number of morpholine rings is 1. The standard InChI is InChI=1S/C14H29N3O3/c1-14(2)11-17(9-12(10-18)20-14)8-5-13(19)16(3)7-4-6-15/h12,18H,4-11,15H2,1-3H3. The first kappa shape index (κ1) is 17.4. The minimum Gasteiger partial charge on any atom is -0.394 e. The number of aliphatic hydroxyl groups is 1. The Morgan fingerprint density at radius 1 is 1.55 bits per heavy atom. The van der Waals surface area contributed by atoms with Gasteiger partial charge in [0.2, 0.25) is 5.91 Å². The number of carbonyl (C=O) groups is 1. The van der Waals surface area contributed by atoms with Crippen LogP contribution in [0.1, 0.15) is 26.7 Å². The second-order valence-corrected chi connectivity index (χ2v) is 6.12. The number of ether oxygens (including phenoxy) is 1. The van der Waals surface area contributed by atoms with E-state index < -0.39 is 0 Å². The summed E-state index contributed by atoms with van der Waals surface area (Å²) in [5.41, 5.74) is 5.17. The van der Waals surface area contributed by atoms with E-state index in [1.54, 1.807) is 4.90 Å². The van der Waals surface area contributed by atoms with Gasteiger partial charge in [0.15, 0.2) is 0 Å². The summed E-state index contributed by atoms with van der Waals surface area (Å²) in [6.45, 7) is 7.52. The summed E-state index contributed by atoms with van der Waals surface area (Å²) < 4.78 is 5.76. The van der Waals surface area contributed by atoms with Crippen molar-refractivity contribution < 1.29 is 14.6 Å². The fraction of sp³-hybridized carbons (Fsp3) is 0.929. The van der Waals surface area contributed by atoms with E-state index in [9.17, 15) is 9.90 Å². The molecule has 3 N–H and O–H groups in total. The van der Waals surface area contributed by atoms with Crippen LogP contribution in [0, 0.1) is 0 Å². The predicted molar refractivity (Wildman–Crippen MR) is 78.4 cm³/mol. The molecule has 1 saturated heterocycles. The summed E-state index contributed by atoms with van der Waals surface area (Å²) in [6.07, 6.45) is 1.16. The number of hydrogen-bond donors (Lipinski definition) is 2. The van der Waals surface area contributed by atoms with Gasteiger partial charge >= 0.3 is 0 Å². The highest BCUT2D eigenvalue weighted by Gasteiger charge is 2.33. The Morgan fingerprint density at radius 3 is 2.85 bits per heavy atom. The lowest BCUT2D eigenvalue weighted by atomic mass is 10.1. The lowest BCUT2D eigenvalue weighted by Gasteiger charge is -2.42. The van der Waals surface area contributed by atoms with Gasteiger partial charge in [0.1, 0.15) is 0 Å². The summed E-state index contributed by atoms with van der Waals surface area (Å²) in [7, 11) is 1.82. The average molecular weight is 287 g/mol. The van der Waals surface area contributed by atoms with Gasteiger partial charge in [0.05, 0.1) is 18.3 Å². The molecule has 1 amide bonds. The molecule has 0 aliphatic carbocycles. The van der Waals surface area contributed by atoms with Crippen LogP contribution in [-0.2, 0) is 9.53 Å². The van der Waals surface area contributed by atoms with Crippen molar-refractivity contribution in [1.29, 1.82) is 0 Å². The van der Waals surface area contributed by atoms with Crippen molar-refractivity contribution in [3.05, 3.63) is 0 Å². The van der Waals surface area contributed by atoms with Crippen molar-refractivity contribution in [2.24, 2.45) is 5.73 Å². The van der Waals surface area contributed by atoms with Gasteiger partial charge in [-0.05, 0) is 26.8 Å². The van der Waals surface area contributed by atoms with E-state index in [-0.39, 0.29) is 24.2 Å². The van der Waals surface area contributed by atoms with E-state index >= 15 is 0 Å². The number of amides is 1. The van der Waals surface area contributed by atoms with Gasteiger partial charge in [-0.15, -0.1) is 0 Å². The molecule has 1 heterocycles. The van der Waals surface area contributed by atoms with E-state index in [4.69, 9.17) is 10.5 Å². The first-order valence-electron chi connectivity index (χ1n) is 7.33. The SMILES string of the molecule is CN(CCCN)C(=O)CCN1CC(CO)OC(C)(C)C1. The monoisotopic (exact) mass is 287 g/mol. The van der Waals surface area contributed by atoms with Crippen molar-refractivity contribution in [2.75, 3.05) is 46.4 Å². The fourth-order valence-electron chi connectivity index (χ4n) is 2.58. The highest BCUT2D eigenvalue weighted by Crippen LogP contribution is 2.20. The summed E-state index contributed by atoms with van der Waals surface area (Å²) in [5.74, 6) is 0.142. The molecule has 1 atom stereocenters. The summed E-state index contributed by atoms with van der Waals surface area (Å²) in [5, 5.41) is 9.27. The number of hydrogen-bond acceptors (Lipinski definition) is 5. The number of rotatable bonds is 7. The van der Waals surface area contributed by atoms with Crippen molar-refractivity contribution in [2.45, 2.75) is 38.4 Å². The van der Waals surface area contributed by atoms with E-state index in [0.29, 0.717) is 32.6 Å². The summed E-state index contributed by atoms with van der Waals surface area (Å²) in [4.78, 5) is 15.9. The van der Waals surface area contributed by atoms with E-state index in [2.05, 4.69) is 4.90 Å². The Labute approximate surface area is 121 Å². The van der Waals surface area contributed by atoms with Crippen LogP contribution in [0.4, 0.5) is 0 Å². The molecular formula is C14H29N3O3. The zero-order chi connectivity index (χ0) is 15.2. The van der Waals surface area contributed by atoms with E-state index in [1.165, 1.54) is 0 Å². The lowest BCUT2D eigenvalue weighted by Crippen LogP contribution is -2.54. The Morgan fingerprint density at radius 2 is 2.25 bits per heavy atom. The van der Waals surface area contributed by atoms with Gasteiger partial charge in [-0.2, -0.15) is 0 Å². The molecular weight excluding hydrogens is 258 g/mol. The van der Waals surface area contributed by atoms with Crippen molar-refractivity contribution in [1.82, 2.24) is 9.80 Å². The molecule has 0 spiro atoms. The predicted octanol–water partition coefficient (Wildman–Crippen LogP) is -0.345. The normalized spacial score (nSPS) is 22.8. The molecule has 1 aliphatic rings. The molecule has 0 aromatic heterocycles. The van der Waals surface area contributed by atoms with E-state index in [0.717, 1.165) is 13.0 Å². The molecule has 1 rings (SSSR count). The largest absolute Gasteiger partial charge is 0.394 e. The molecule has 6 heteroatoms. The molecule has 1 fully saturated rings. The maximum absolute atomic E-state index is 12.0. The maximum Gasteiger partial charge on any atom is 0.223 e. The Balaban J connectivity index is 2.38. The number of nitrogens with zero attached hydrogens (tertiary/aromatic N) is 2. The van der Waals surface area contributed by atoms with Crippen LogP contribution in [0.5, 0.6) is 0 Å². The molecule has 6 nitrogen and oxygen atoms in total. The summed E-state index contributed by atoms with van der Waals surface area (Å²) >= 11 is 0. The molecule has 0 bridgehead atoms. The molecule has 1 aliphatic heterocycles. The van der Waals surface area contributed by atoms with Crippen LogP contribution in [0.3, 0.4) is 0 Å². The van der Waals surface area contributed by atoms with Crippen LogP contribution in [0.25, 0.3) is 0 Å². The second kappa shape index (κ2) is 7.93. The molecule has 0 saturated carbocycles. The first-order valence-corrected chi connectivity index (χ1v) is 7.33. The zero-order valence-electron chi connectivity index (χ0n) is 13.0. The number of aliphatic hydroxyl groups excluding tert-OH is 1. The van der Waals surface area contributed by atoms with Crippen LogP contribution >= 0.6 is 0 Å². The zero-order valence-corrected chi connectivity index (χ0v) is 13.0. The lowest BCUT2D eigenvalue weighted by molar-refractivity contribution is -0.151. The van der Waals surface area contributed by atoms with Gasteiger partial charge in [0.25, 0.3) is 0 Å². The van der Waals surface area contributed by atoms with Crippen LogP contribution in [0.15, 0.2) is 0 Å². The van der Waals surface area contributed by atoms with Crippen molar-refractivity contribution in [3.63, 3.8) is 0 Å². The highest BCUT2D eigenvalue weighted by atomic mass is 16.5. The topological polar surface area (TPSA) is 79.0 Å². The number of nitrogens with two attached hydrogens (primary N) is 1. The fourth-order valence-corrected chi connectivity index (χ4v) is 2.58. The van der Waals surface area contributed by atoms with Gasteiger partial charge < -0.3 is 20.5 Å². The third-order valence-corrected chi connectivity index (χ3v) is 3.52. The van der Waals surface area contributed by atoms with Crippen molar-refractivity contribution in [3.8, 4) is 0 Å². The third-order valence-electron chi connectivity index (χ3n) is 3.52. The first-order chi connectivity index (χ1) is 9.38. The molecule has 0 aromatic rings. The Hall–Kier alpha value is -0.690. The minimum atomic E-state index is -0.278. The average Bonchev–Trinajstić information content (AvgIpc) is 2.40. The molecule has 1 unspecified atom stereocenters. The van der Waals surface area contributed by atoms with Gasteiger partial charge in [-0.25, -0.2) is 0 Å². The minimum absolute atomic E-state index is 0.0181. The Kier molecular flexibility index (Phi) is 6.88. The number of carbonyl (C=O) groups excluding carboxylic acids is 1. The third kappa shape index (κ3) is 5.75. The smallest absolute Gasteiger partial charge is 0.223 e. The molecule has 0 radical (unpaired) electrons. The van der Waals surface area contributed by atoms with Crippen molar-refractivity contribution >= 4 is 5.91 Å². The quantitative estimate of drug-likeness (QED) is 0.669. The molecule has 20 heavy (non-hydrogen) atoms. The summed E-state index contributed by atoms with van der Waals surface area (Å²) in [6, 6.07) is 0. The van der Waals surface area contributed by atoms with Crippen LogP contribution in [-0.4, -0.2) is 78.9 Å². The molecule has 0 aromatic carbocycles. The van der Waals surface area contributed by atoms with Gasteiger partial charge in [-0.3, -0.25) is 9.69 Å². The second-order valence-electron chi connectivity index (χ2n) is 6.12. The maximum atomic E-state index is 12.0. The van der Waals surface area contributed by atoms with Gasteiger partial charge in [-0.1, -0.05) is 0 Å².